The van der Waals surface area contributed by atoms with Crippen LogP contribution in [0, 0.1) is 20.2 Å². The molecule has 0 saturated carbocycles. The second-order valence-electron chi connectivity index (χ2n) is 6.63. The molecule has 1 N–H and O–H groups in total. The molecule has 0 aliphatic heterocycles. The van der Waals surface area contributed by atoms with Gasteiger partial charge in [-0.1, -0.05) is 0 Å². The van der Waals surface area contributed by atoms with E-state index in [4.69, 9.17) is 9.47 Å². The summed E-state index contributed by atoms with van der Waals surface area (Å²) in [5.41, 5.74) is 3.84. The largest absolute Gasteiger partial charge is 0.493 e. The van der Waals surface area contributed by atoms with E-state index in [2.05, 4.69) is 10.5 Å². The Bertz CT molecular complexity index is 1190. The van der Waals surface area contributed by atoms with Crippen LogP contribution >= 0.6 is 0 Å². The van der Waals surface area contributed by atoms with E-state index in [0.29, 0.717) is 17.1 Å². The number of amides is 1. The Hall–Kier alpha value is -4.80. The molecule has 0 spiro atoms. The lowest BCUT2D eigenvalue weighted by Gasteiger charge is -2.11. The van der Waals surface area contributed by atoms with Crippen LogP contribution in [0.25, 0.3) is 0 Å². The SMILES string of the molecule is COc1cc(/C=N\NC(=O)c2ccc([N+](=O)[O-])cc2)ccc1OCc1ccc([N+](=O)[O-])cc1. The molecular weight excluding hydrogens is 432 g/mol. The molecule has 0 fully saturated rings. The van der Waals surface area contributed by atoms with E-state index >= 15 is 0 Å². The van der Waals surface area contributed by atoms with E-state index in [0.717, 1.165) is 5.56 Å². The fourth-order valence-electron chi connectivity index (χ4n) is 2.72. The number of nitrogens with zero attached hydrogens (tertiary/aromatic N) is 3. The van der Waals surface area contributed by atoms with Gasteiger partial charge in [-0.25, -0.2) is 5.43 Å². The van der Waals surface area contributed by atoms with Gasteiger partial charge in [-0.05, 0) is 53.6 Å². The molecule has 11 heteroatoms. The lowest BCUT2D eigenvalue weighted by atomic mass is 10.2. The summed E-state index contributed by atoms with van der Waals surface area (Å²) in [7, 11) is 1.48. The quantitative estimate of drug-likeness (QED) is 0.296. The molecule has 0 radical (unpaired) electrons. The highest BCUT2D eigenvalue weighted by Gasteiger charge is 2.10. The minimum Gasteiger partial charge on any atom is -0.493 e. The third kappa shape index (κ3) is 6.10. The summed E-state index contributed by atoms with van der Waals surface area (Å²) in [5, 5.41) is 25.3. The smallest absolute Gasteiger partial charge is 0.271 e. The average Bonchev–Trinajstić information content (AvgIpc) is 2.83. The van der Waals surface area contributed by atoms with E-state index in [1.54, 1.807) is 30.3 Å². The van der Waals surface area contributed by atoms with Crippen molar-refractivity contribution in [3.63, 3.8) is 0 Å². The number of nitro groups is 2. The summed E-state index contributed by atoms with van der Waals surface area (Å²) in [6.45, 7) is 0.188. The topological polar surface area (TPSA) is 146 Å². The van der Waals surface area contributed by atoms with Gasteiger partial charge in [-0.3, -0.25) is 25.0 Å². The molecule has 11 nitrogen and oxygen atoms in total. The molecule has 3 aromatic carbocycles. The molecule has 0 unspecified atom stereocenters. The number of nitro benzene ring substituents is 2. The van der Waals surface area contributed by atoms with Crippen LogP contribution in [0.4, 0.5) is 11.4 Å². The minimum absolute atomic E-state index is 0.000593. The maximum Gasteiger partial charge on any atom is 0.271 e. The van der Waals surface area contributed by atoms with Crippen molar-refractivity contribution in [3.8, 4) is 11.5 Å². The van der Waals surface area contributed by atoms with E-state index in [-0.39, 0.29) is 23.5 Å². The van der Waals surface area contributed by atoms with Gasteiger partial charge >= 0.3 is 0 Å². The molecule has 3 rings (SSSR count). The van der Waals surface area contributed by atoms with E-state index < -0.39 is 15.8 Å². The van der Waals surface area contributed by atoms with E-state index in [9.17, 15) is 25.0 Å². The lowest BCUT2D eigenvalue weighted by molar-refractivity contribution is -0.385. The van der Waals surface area contributed by atoms with Crippen LogP contribution in [0.3, 0.4) is 0 Å². The number of nitrogens with one attached hydrogen (secondary N) is 1. The molecule has 1 amide bonds. The predicted octanol–water partition coefficient (Wildman–Crippen LogP) is 3.85. The maximum atomic E-state index is 12.1. The minimum atomic E-state index is -0.549. The van der Waals surface area contributed by atoms with Crippen LogP contribution in [0.15, 0.2) is 71.8 Å². The van der Waals surface area contributed by atoms with Crippen LogP contribution in [0.2, 0.25) is 0 Å². The molecule has 0 bridgehead atoms. The monoisotopic (exact) mass is 450 g/mol. The van der Waals surface area contributed by atoms with Crippen molar-refractivity contribution in [2.24, 2.45) is 5.10 Å². The number of methoxy groups -OCH3 is 1. The highest BCUT2D eigenvalue weighted by atomic mass is 16.6. The molecule has 0 atom stereocenters. The van der Waals surface area contributed by atoms with Crippen LogP contribution in [-0.2, 0) is 6.61 Å². The summed E-state index contributed by atoms with van der Waals surface area (Å²) in [6.07, 6.45) is 1.41. The Morgan fingerprint density at radius 3 is 2.12 bits per heavy atom. The molecule has 0 saturated heterocycles. The molecule has 33 heavy (non-hydrogen) atoms. The van der Waals surface area contributed by atoms with Gasteiger partial charge in [0.05, 0.1) is 23.2 Å². The Morgan fingerprint density at radius 2 is 1.55 bits per heavy atom. The zero-order valence-corrected chi connectivity index (χ0v) is 17.3. The van der Waals surface area contributed by atoms with Crippen LogP contribution in [0.1, 0.15) is 21.5 Å². The summed E-state index contributed by atoms with van der Waals surface area (Å²) < 4.78 is 11.1. The van der Waals surface area contributed by atoms with E-state index in [1.165, 1.54) is 49.7 Å². The van der Waals surface area contributed by atoms with Crippen molar-refractivity contribution in [1.82, 2.24) is 5.43 Å². The highest BCUT2D eigenvalue weighted by molar-refractivity contribution is 5.95. The highest BCUT2D eigenvalue weighted by Crippen LogP contribution is 2.28. The molecule has 3 aromatic rings. The molecular formula is C22H18N4O7. The van der Waals surface area contributed by atoms with Gasteiger partial charge in [0.1, 0.15) is 6.61 Å². The number of hydrazone groups is 1. The second-order valence-corrected chi connectivity index (χ2v) is 6.63. The molecule has 0 aliphatic rings. The summed E-state index contributed by atoms with van der Waals surface area (Å²) >= 11 is 0. The molecule has 0 aliphatic carbocycles. The summed E-state index contributed by atoms with van der Waals surface area (Å²) in [5.74, 6) is 0.377. The van der Waals surface area contributed by atoms with Crippen molar-refractivity contribution < 1.29 is 24.1 Å². The fraction of sp³-hybridized carbons (Fsp3) is 0.0909. The number of hydrogen-bond acceptors (Lipinski definition) is 8. The van der Waals surface area contributed by atoms with Crippen LogP contribution in [-0.4, -0.2) is 29.1 Å². The van der Waals surface area contributed by atoms with Gasteiger partial charge in [-0.2, -0.15) is 5.10 Å². The third-order valence-corrected chi connectivity index (χ3v) is 4.45. The predicted molar refractivity (Wildman–Crippen MR) is 119 cm³/mol. The first kappa shape index (κ1) is 22.9. The van der Waals surface area contributed by atoms with Gasteiger partial charge in [0.25, 0.3) is 17.3 Å². The Balaban J connectivity index is 1.60. The first-order valence-corrected chi connectivity index (χ1v) is 9.49. The first-order valence-electron chi connectivity index (χ1n) is 9.49. The first-order chi connectivity index (χ1) is 15.9. The number of rotatable bonds is 9. The van der Waals surface area contributed by atoms with Crippen molar-refractivity contribution >= 4 is 23.5 Å². The summed E-state index contributed by atoms with van der Waals surface area (Å²) in [4.78, 5) is 32.5. The Kier molecular flexibility index (Phi) is 7.27. The zero-order chi connectivity index (χ0) is 23.8. The Morgan fingerprint density at radius 1 is 0.939 bits per heavy atom. The zero-order valence-electron chi connectivity index (χ0n) is 17.3. The number of non-ortho nitro benzene ring substituents is 2. The van der Waals surface area contributed by atoms with Crippen molar-refractivity contribution in [3.05, 3.63) is 104 Å². The lowest BCUT2D eigenvalue weighted by Crippen LogP contribution is -2.17. The second kappa shape index (κ2) is 10.5. The number of ether oxygens (including phenoxy) is 2. The number of hydrogen-bond donors (Lipinski definition) is 1. The van der Waals surface area contributed by atoms with Crippen LogP contribution in [0.5, 0.6) is 11.5 Å². The van der Waals surface area contributed by atoms with Crippen LogP contribution < -0.4 is 14.9 Å². The van der Waals surface area contributed by atoms with Gasteiger partial charge in [0.2, 0.25) is 0 Å². The van der Waals surface area contributed by atoms with Gasteiger partial charge in [0.15, 0.2) is 11.5 Å². The molecule has 0 aromatic heterocycles. The fourth-order valence-corrected chi connectivity index (χ4v) is 2.72. The van der Waals surface area contributed by atoms with Gasteiger partial charge in [0, 0.05) is 29.8 Å². The van der Waals surface area contributed by atoms with Crippen molar-refractivity contribution in [1.29, 1.82) is 0 Å². The normalized spacial score (nSPS) is 10.6. The third-order valence-electron chi connectivity index (χ3n) is 4.45. The standard InChI is InChI=1S/C22H18N4O7/c1-32-21-12-16(13-23-24-22(27)17-5-9-19(10-6-17)26(30)31)4-11-20(21)33-14-15-2-7-18(8-3-15)25(28)29/h2-13H,14H2,1H3,(H,24,27)/b23-13-. The van der Waals surface area contributed by atoms with E-state index in [1.807, 2.05) is 0 Å². The maximum absolute atomic E-state index is 12.1. The average molecular weight is 450 g/mol. The van der Waals surface area contributed by atoms with Crippen molar-refractivity contribution in [2.45, 2.75) is 6.61 Å². The Labute approximate surface area is 187 Å². The number of benzene rings is 3. The van der Waals surface area contributed by atoms with Gasteiger partial charge < -0.3 is 9.47 Å². The van der Waals surface area contributed by atoms with Crippen molar-refractivity contribution in [2.75, 3.05) is 7.11 Å². The van der Waals surface area contributed by atoms with Gasteiger partial charge in [-0.15, -0.1) is 0 Å². The molecule has 168 valence electrons. The number of carbonyl (C=O) groups excluding carboxylic acids is 1. The number of carbonyl (C=O) groups is 1. The summed E-state index contributed by atoms with van der Waals surface area (Å²) in [6, 6.07) is 16.2. The molecule has 0 heterocycles.